The van der Waals surface area contributed by atoms with Crippen molar-refractivity contribution in [1.82, 2.24) is 4.90 Å². The van der Waals surface area contributed by atoms with Gasteiger partial charge >= 0.3 is 6.09 Å². The molecule has 2 bridgehead atoms. The Balaban J connectivity index is 1.07. The number of aliphatic hydroxyl groups is 1. The van der Waals surface area contributed by atoms with E-state index in [-0.39, 0.29) is 24.1 Å². The van der Waals surface area contributed by atoms with E-state index in [0.29, 0.717) is 19.4 Å². The summed E-state index contributed by atoms with van der Waals surface area (Å²) in [5, 5.41) is 11.9. The van der Waals surface area contributed by atoms with Crippen LogP contribution in [0.1, 0.15) is 54.7 Å². The third kappa shape index (κ3) is 4.24. The summed E-state index contributed by atoms with van der Waals surface area (Å²) in [7, 11) is 0. The highest BCUT2D eigenvalue weighted by Crippen LogP contribution is 2.47. The Bertz CT molecular complexity index is 1440. The average molecular weight is 516 g/mol. The molecule has 4 aromatic carbocycles. The molecular formula is C35H33NO3. The SMILES string of the molecule is O=C(OCC1c2ccccc2-c2ccccc21)N1C2CCCC1CC(O)(c1ccc(-c3ccccc3)cc1)C2. The van der Waals surface area contributed by atoms with E-state index in [1.165, 1.54) is 22.3 Å². The van der Waals surface area contributed by atoms with Crippen LogP contribution in [0.15, 0.2) is 103 Å². The highest BCUT2D eigenvalue weighted by Gasteiger charge is 2.48. The van der Waals surface area contributed by atoms with Crippen molar-refractivity contribution in [1.29, 1.82) is 0 Å². The number of hydrogen-bond acceptors (Lipinski definition) is 3. The smallest absolute Gasteiger partial charge is 0.410 e. The molecule has 1 aliphatic carbocycles. The average Bonchev–Trinajstić information content (AvgIpc) is 3.29. The van der Waals surface area contributed by atoms with E-state index in [4.69, 9.17) is 4.74 Å². The Hall–Kier alpha value is -3.89. The van der Waals surface area contributed by atoms with E-state index >= 15 is 0 Å². The van der Waals surface area contributed by atoms with Gasteiger partial charge < -0.3 is 14.7 Å². The van der Waals surface area contributed by atoms with Crippen LogP contribution in [0.2, 0.25) is 0 Å². The minimum atomic E-state index is -0.939. The second-order valence-electron chi connectivity index (χ2n) is 11.3. The Morgan fingerprint density at radius 1 is 0.744 bits per heavy atom. The fourth-order valence-electron chi connectivity index (χ4n) is 7.24. The van der Waals surface area contributed by atoms with Crippen LogP contribution in [0.3, 0.4) is 0 Å². The Morgan fingerprint density at radius 2 is 1.28 bits per heavy atom. The monoisotopic (exact) mass is 515 g/mol. The van der Waals surface area contributed by atoms with E-state index in [9.17, 15) is 9.90 Å². The zero-order valence-corrected chi connectivity index (χ0v) is 22.0. The van der Waals surface area contributed by atoms with Crippen LogP contribution in [-0.4, -0.2) is 34.8 Å². The molecule has 7 rings (SSSR count). The van der Waals surface area contributed by atoms with Gasteiger partial charge in [-0.3, -0.25) is 0 Å². The van der Waals surface area contributed by atoms with Crippen LogP contribution in [0, 0.1) is 0 Å². The second kappa shape index (κ2) is 9.69. The van der Waals surface area contributed by atoms with Crippen LogP contribution in [0.4, 0.5) is 4.79 Å². The summed E-state index contributed by atoms with van der Waals surface area (Å²) in [6, 6.07) is 35.4. The molecule has 2 unspecified atom stereocenters. The summed E-state index contributed by atoms with van der Waals surface area (Å²) in [5.74, 6) is 0.0473. The number of carbonyl (C=O) groups is 1. The zero-order chi connectivity index (χ0) is 26.4. The third-order valence-corrected chi connectivity index (χ3v) is 9.08. The lowest BCUT2D eigenvalue weighted by Crippen LogP contribution is -2.59. The minimum Gasteiger partial charge on any atom is -0.448 e. The maximum atomic E-state index is 13.6. The standard InChI is InChI=1S/C35H33NO3/c37-34(39-23-33-31-15-6-4-13-29(31)30-14-5-7-16-32(30)33)36-27-11-8-12-28(36)22-35(38,21-27)26-19-17-25(18-20-26)24-9-2-1-3-10-24/h1-7,9-10,13-20,27-28,33,38H,8,11-12,21-23H2. The number of piperidine rings is 2. The maximum Gasteiger partial charge on any atom is 0.410 e. The second-order valence-corrected chi connectivity index (χ2v) is 11.3. The largest absolute Gasteiger partial charge is 0.448 e. The number of fused-ring (bicyclic) bond motifs is 5. The molecule has 4 aromatic rings. The summed E-state index contributed by atoms with van der Waals surface area (Å²) in [6.45, 7) is 0.327. The van der Waals surface area contributed by atoms with Gasteiger partial charge in [-0.15, -0.1) is 0 Å². The summed E-state index contributed by atoms with van der Waals surface area (Å²) in [5.41, 5.74) is 7.20. The van der Waals surface area contributed by atoms with E-state index in [1.807, 2.05) is 23.1 Å². The van der Waals surface area contributed by atoms with Crippen molar-refractivity contribution in [2.45, 2.75) is 55.7 Å². The summed E-state index contributed by atoms with van der Waals surface area (Å²) < 4.78 is 6.06. The Morgan fingerprint density at radius 3 is 1.90 bits per heavy atom. The zero-order valence-electron chi connectivity index (χ0n) is 22.0. The number of rotatable bonds is 4. The molecule has 0 aromatic heterocycles. The number of carbonyl (C=O) groups excluding carboxylic acids is 1. The van der Waals surface area contributed by atoms with Gasteiger partial charge in [0.1, 0.15) is 6.61 Å². The molecule has 2 fully saturated rings. The summed E-state index contributed by atoms with van der Waals surface area (Å²) >= 11 is 0. The molecule has 1 amide bonds. The van der Waals surface area contributed by atoms with Gasteiger partial charge in [0.2, 0.25) is 0 Å². The summed E-state index contributed by atoms with van der Waals surface area (Å²) in [4.78, 5) is 15.5. The van der Waals surface area contributed by atoms with Crippen molar-refractivity contribution in [3.05, 3.63) is 120 Å². The quantitative estimate of drug-likeness (QED) is 0.306. The first-order chi connectivity index (χ1) is 19.1. The van der Waals surface area contributed by atoms with Crippen molar-refractivity contribution in [3.63, 3.8) is 0 Å². The molecule has 4 heteroatoms. The van der Waals surface area contributed by atoms with Crippen molar-refractivity contribution < 1.29 is 14.6 Å². The van der Waals surface area contributed by atoms with Crippen LogP contribution >= 0.6 is 0 Å². The molecule has 39 heavy (non-hydrogen) atoms. The predicted molar refractivity (Wildman–Crippen MR) is 153 cm³/mol. The van der Waals surface area contributed by atoms with E-state index in [2.05, 4.69) is 84.9 Å². The topological polar surface area (TPSA) is 49.8 Å². The highest BCUT2D eigenvalue weighted by atomic mass is 16.6. The molecule has 196 valence electrons. The molecule has 0 radical (unpaired) electrons. The van der Waals surface area contributed by atoms with Gasteiger partial charge in [-0.05, 0) is 58.2 Å². The molecule has 2 heterocycles. The number of benzene rings is 4. The van der Waals surface area contributed by atoms with Gasteiger partial charge in [0.05, 0.1) is 5.60 Å². The molecule has 2 saturated heterocycles. The number of hydrogen-bond donors (Lipinski definition) is 1. The lowest BCUT2D eigenvalue weighted by Gasteiger charge is -2.51. The van der Waals surface area contributed by atoms with Gasteiger partial charge in [0.15, 0.2) is 0 Å². The van der Waals surface area contributed by atoms with E-state index in [0.717, 1.165) is 36.0 Å². The van der Waals surface area contributed by atoms with Gasteiger partial charge in [0, 0.05) is 30.8 Å². The Kier molecular flexibility index (Phi) is 6.01. The lowest BCUT2D eigenvalue weighted by atomic mass is 9.72. The van der Waals surface area contributed by atoms with Crippen LogP contribution < -0.4 is 0 Å². The first-order valence-electron chi connectivity index (χ1n) is 14.1. The highest BCUT2D eigenvalue weighted by molar-refractivity contribution is 5.79. The van der Waals surface area contributed by atoms with Crippen LogP contribution in [-0.2, 0) is 10.3 Å². The van der Waals surface area contributed by atoms with Crippen LogP contribution in [0.5, 0.6) is 0 Å². The maximum absolute atomic E-state index is 13.6. The molecule has 2 atom stereocenters. The molecule has 0 saturated carbocycles. The van der Waals surface area contributed by atoms with Crippen molar-refractivity contribution in [3.8, 4) is 22.3 Å². The predicted octanol–water partition coefficient (Wildman–Crippen LogP) is 7.51. The molecule has 3 aliphatic rings. The molecule has 4 nitrogen and oxygen atoms in total. The molecule has 2 aliphatic heterocycles. The molecule has 1 N–H and O–H groups in total. The normalized spacial score (nSPS) is 23.7. The van der Waals surface area contributed by atoms with Crippen molar-refractivity contribution in [2.24, 2.45) is 0 Å². The van der Waals surface area contributed by atoms with Gasteiger partial charge in [0.25, 0.3) is 0 Å². The fourth-order valence-corrected chi connectivity index (χ4v) is 7.24. The van der Waals surface area contributed by atoms with Gasteiger partial charge in [-0.2, -0.15) is 0 Å². The lowest BCUT2D eigenvalue weighted by molar-refractivity contribution is -0.0890. The van der Waals surface area contributed by atoms with Crippen molar-refractivity contribution in [2.75, 3.05) is 6.61 Å². The van der Waals surface area contributed by atoms with Gasteiger partial charge in [-0.25, -0.2) is 4.79 Å². The third-order valence-electron chi connectivity index (χ3n) is 9.08. The first kappa shape index (κ1) is 24.2. The number of amides is 1. The minimum absolute atomic E-state index is 0.0213. The Labute approximate surface area is 229 Å². The van der Waals surface area contributed by atoms with Crippen molar-refractivity contribution >= 4 is 6.09 Å². The number of ether oxygens (including phenoxy) is 1. The van der Waals surface area contributed by atoms with Gasteiger partial charge in [-0.1, -0.05) is 103 Å². The fraction of sp³-hybridized carbons (Fsp3) is 0.286. The van der Waals surface area contributed by atoms with E-state index in [1.54, 1.807) is 0 Å². The first-order valence-corrected chi connectivity index (χ1v) is 14.1. The summed E-state index contributed by atoms with van der Waals surface area (Å²) in [6.07, 6.45) is 3.70. The molecular weight excluding hydrogens is 482 g/mol. The molecule has 0 spiro atoms. The van der Waals surface area contributed by atoms with E-state index < -0.39 is 5.60 Å². The number of nitrogens with zero attached hydrogens (tertiary/aromatic N) is 1. The van der Waals surface area contributed by atoms with Crippen LogP contribution in [0.25, 0.3) is 22.3 Å².